The number of aromatic nitrogens is 2. The molecule has 0 fully saturated rings. The second-order valence-electron chi connectivity index (χ2n) is 31.6. The molecule has 1 N–H and O–H groups in total. The van der Waals surface area contributed by atoms with Gasteiger partial charge in [-0.25, -0.2) is 0 Å². The molecule has 2 heterocycles. The molecule has 0 bridgehead atoms. The minimum atomic E-state index is -0.297. The third-order valence-electron chi connectivity index (χ3n) is 20.2. The van der Waals surface area contributed by atoms with E-state index in [-0.39, 0.29) is 64.1 Å². The summed E-state index contributed by atoms with van der Waals surface area (Å²) < 4.78 is 8.67. The number of fused-ring (bicyclic) bond motifs is 10. The van der Waals surface area contributed by atoms with Gasteiger partial charge in [-0.05, 0) is 183 Å². The topological polar surface area (TPSA) is 63.1 Å². The van der Waals surface area contributed by atoms with E-state index < -0.39 is 0 Å². The fourth-order valence-corrected chi connectivity index (χ4v) is 15.2. The molecule has 91 heavy (non-hydrogen) atoms. The first-order chi connectivity index (χ1) is 42.9. The van der Waals surface area contributed by atoms with Crippen LogP contribution in [0.4, 0.5) is 0 Å². The minimum Gasteiger partial charge on any atom is -0.512 e. The first-order valence-electron chi connectivity index (χ1n) is 34.4. The fraction of sp³-hybridized carbons (Fsp3) is 0.430. The van der Waals surface area contributed by atoms with Crippen molar-refractivity contribution in [2.24, 2.45) is 32.5 Å². The molecule has 2 aliphatic rings. The SMILES string of the molecule is CCC(CC)(CC)C(=O)/C=C(\O)C(CC)(CC)CC.Cc1ccc2c(CC(C)(C)C)c3c([c-]c2c1)-c1nccc2c1c(cc1c(CC(C)(C)C)cccc12)C3.[2H]c1cc2c3c(cc4c(CC(C)(C)C)cccc42)Cc2c([c-]c4ccccc4c2CC(C)(C)C)-c3n1.[Ir]. The maximum Gasteiger partial charge on any atom is 0.165 e. The zero-order valence-electron chi connectivity index (χ0n) is 59.5. The van der Waals surface area contributed by atoms with Gasteiger partial charge in [-0.2, -0.15) is 0 Å². The molecule has 0 unspecified atom stereocenters. The summed E-state index contributed by atoms with van der Waals surface area (Å²) >= 11 is 0. The molecule has 10 aromatic rings. The van der Waals surface area contributed by atoms with Crippen molar-refractivity contribution in [2.75, 3.05) is 0 Å². The van der Waals surface area contributed by atoms with Gasteiger partial charge in [0, 0.05) is 60.8 Å². The van der Waals surface area contributed by atoms with Crippen molar-refractivity contribution < 1.29 is 31.4 Å². The second kappa shape index (κ2) is 26.5. The monoisotopic (exact) mass is 1390 g/mol. The number of aliphatic hydroxyl groups is 1. The van der Waals surface area contributed by atoms with Crippen LogP contribution in [0.1, 0.15) is 215 Å². The second-order valence-corrected chi connectivity index (χ2v) is 31.6. The smallest absolute Gasteiger partial charge is 0.165 e. The molecule has 1 radical (unpaired) electrons. The van der Waals surface area contributed by atoms with Gasteiger partial charge in [0.2, 0.25) is 0 Å². The molecule has 0 atom stereocenters. The minimum absolute atomic E-state index is 0. The fourth-order valence-electron chi connectivity index (χ4n) is 15.2. The summed E-state index contributed by atoms with van der Waals surface area (Å²) in [6, 6.07) is 45.7. The maximum absolute atomic E-state index is 12.5. The van der Waals surface area contributed by atoms with Gasteiger partial charge in [-0.15, -0.1) is 57.3 Å². The number of hydrogen-bond acceptors (Lipinski definition) is 4. The third-order valence-corrected chi connectivity index (χ3v) is 20.2. The molecule has 0 saturated heterocycles. The summed E-state index contributed by atoms with van der Waals surface area (Å²) in [5.74, 6) is 0.377. The predicted molar refractivity (Wildman–Crippen MR) is 387 cm³/mol. The quantitative estimate of drug-likeness (QED) is 0.0541. The first kappa shape index (κ1) is 67.4. The van der Waals surface area contributed by atoms with Gasteiger partial charge in [-0.3, -0.25) is 14.8 Å². The number of ketones is 1. The number of pyridine rings is 2. The van der Waals surface area contributed by atoms with Crippen molar-refractivity contribution in [1.82, 2.24) is 9.97 Å². The van der Waals surface area contributed by atoms with Crippen molar-refractivity contribution >= 4 is 70.4 Å². The van der Waals surface area contributed by atoms with E-state index >= 15 is 0 Å². The Morgan fingerprint density at radius 1 is 0.495 bits per heavy atom. The van der Waals surface area contributed by atoms with Crippen molar-refractivity contribution in [3.8, 4) is 22.5 Å². The molecule has 0 spiro atoms. The Bertz CT molecular complexity index is 4450. The van der Waals surface area contributed by atoms with E-state index in [1.54, 1.807) is 0 Å². The van der Waals surface area contributed by atoms with E-state index in [2.05, 4.69) is 241 Å². The van der Waals surface area contributed by atoms with Gasteiger partial charge >= 0.3 is 0 Å². The molecular weight excluding hydrogens is 1290 g/mol. The summed E-state index contributed by atoms with van der Waals surface area (Å²) in [5, 5.41) is 25.7. The normalized spacial score (nSPS) is 13.6. The van der Waals surface area contributed by atoms with E-state index in [0.717, 1.165) is 105 Å². The number of nitrogens with zero attached hydrogens (tertiary/aromatic N) is 2. The molecule has 12 rings (SSSR count). The molecule has 4 nitrogen and oxygen atoms in total. The summed E-state index contributed by atoms with van der Waals surface area (Å²) in [5.41, 5.74) is 17.1. The largest absolute Gasteiger partial charge is 0.512 e. The number of aryl methyl sites for hydroxylation is 1. The number of rotatable bonds is 13. The molecule has 2 aliphatic carbocycles. The molecule has 0 amide bonds. The first-order valence-corrected chi connectivity index (χ1v) is 33.9. The molecular formula is C86H102IrN2O2-2. The Labute approximate surface area is 561 Å². The molecule has 5 heteroatoms. The van der Waals surface area contributed by atoms with Gasteiger partial charge in [0.15, 0.2) is 5.78 Å². The summed E-state index contributed by atoms with van der Waals surface area (Å²) in [6.07, 6.45) is 14.9. The summed E-state index contributed by atoms with van der Waals surface area (Å²) in [7, 11) is 0. The number of benzene rings is 8. The van der Waals surface area contributed by atoms with Crippen LogP contribution in [0.2, 0.25) is 0 Å². The average molecular weight is 1390 g/mol. The van der Waals surface area contributed by atoms with Gasteiger partial charge in [0.25, 0.3) is 0 Å². The molecule has 2 aromatic heterocycles. The summed E-state index contributed by atoms with van der Waals surface area (Å²) in [4.78, 5) is 22.4. The van der Waals surface area contributed by atoms with Gasteiger partial charge in [0.1, 0.15) is 5.76 Å². The van der Waals surface area contributed by atoms with E-state index in [1.807, 2.05) is 12.3 Å². The van der Waals surface area contributed by atoms with Crippen LogP contribution in [-0.2, 0) is 63.4 Å². The number of carbonyl (C=O) groups is 1. The summed E-state index contributed by atoms with van der Waals surface area (Å²) in [6.45, 7) is 42.5. The Morgan fingerprint density at radius 3 is 1.42 bits per heavy atom. The Hall–Kier alpha value is -6.52. The van der Waals surface area contributed by atoms with Crippen LogP contribution in [0.3, 0.4) is 0 Å². The van der Waals surface area contributed by atoms with Crippen LogP contribution in [-0.4, -0.2) is 20.9 Å². The van der Waals surface area contributed by atoms with Crippen LogP contribution in [0.5, 0.6) is 0 Å². The number of carbonyl (C=O) groups excluding carboxylic acids is 1. The van der Waals surface area contributed by atoms with Crippen LogP contribution >= 0.6 is 0 Å². The van der Waals surface area contributed by atoms with E-state index in [1.165, 1.54) is 116 Å². The van der Waals surface area contributed by atoms with Crippen molar-refractivity contribution in [3.05, 3.63) is 190 Å². The van der Waals surface area contributed by atoms with E-state index in [0.29, 0.717) is 6.17 Å². The van der Waals surface area contributed by atoms with Crippen molar-refractivity contribution in [2.45, 2.75) is 209 Å². The van der Waals surface area contributed by atoms with Gasteiger partial charge in [0.05, 0.1) is 1.37 Å². The van der Waals surface area contributed by atoms with E-state index in [9.17, 15) is 9.90 Å². The molecule has 0 aliphatic heterocycles. The molecule has 479 valence electrons. The standard InChI is InChI=1S/C35H36N.C34H34N.C17H32O2.Ir/c1-21-11-12-25-23(15-21)16-30-29(31(25)20-35(5,6)7)18-24-17-28-22(19-34(2,3)4)9-8-10-26(28)27-13-14-36-33(30)32(24)27;1-33(2,3)19-22-11-9-13-25-26-14-15-35-32-29-16-21-10-7-8-12-24(21)30(20-34(4,5)6)28(29)18-23(31(26)32)17-27(22)25;1-7-16(8-2,9-3)14(18)13-15(19)17(10-4,11-5)12-6;/h8-15,17H,18-20H2,1-7H3;7-15,17H,18-20H2,1-6H3;13,18H,7-12H2,1-6H3;/q2*-1;;/b;;14-13-;/i;15D;;. The van der Waals surface area contributed by atoms with Crippen LogP contribution in [0.15, 0.2) is 127 Å². The van der Waals surface area contributed by atoms with Crippen molar-refractivity contribution in [3.63, 3.8) is 0 Å². The van der Waals surface area contributed by atoms with Crippen LogP contribution in [0, 0.1) is 51.5 Å². The zero-order valence-corrected chi connectivity index (χ0v) is 60.9. The van der Waals surface area contributed by atoms with Crippen molar-refractivity contribution in [1.29, 1.82) is 0 Å². The Balaban J connectivity index is 0.000000171. The van der Waals surface area contributed by atoms with Crippen LogP contribution in [0.25, 0.3) is 87.1 Å². The third kappa shape index (κ3) is 13.9. The van der Waals surface area contributed by atoms with E-state index in [4.69, 9.17) is 11.3 Å². The van der Waals surface area contributed by atoms with Gasteiger partial charge in [-0.1, -0.05) is 231 Å². The van der Waals surface area contributed by atoms with Crippen LogP contribution < -0.4 is 0 Å². The predicted octanol–water partition coefficient (Wildman–Crippen LogP) is 23.9. The maximum atomic E-state index is 12.5. The average Bonchev–Trinajstić information content (AvgIpc) is 0.724. The zero-order chi connectivity index (χ0) is 65.9. The molecule has 8 aromatic carbocycles. The number of allylic oxidation sites excluding steroid dienone is 2. The van der Waals surface area contributed by atoms with Gasteiger partial charge < -0.3 is 5.11 Å². The Kier molecular flexibility index (Phi) is 19.6. The number of hydrogen-bond donors (Lipinski definition) is 1. The Morgan fingerprint density at radius 2 is 0.934 bits per heavy atom. The number of aliphatic hydroxyl groups excluding tert-OH is 1. The molecule has 0 saturated carbocycles.